The molecule has 25 heavy (non-hydrogen) atoms. The number of aryl methyl sites for hydroxylation is 1. The van der Waals surface area contributed by atoms with E-state index in [0.29, 0.717) is 23.1 Å². The summed E-state index contributed by atoms with van der Waals surface area (Å²) >= 11 is 0. The third kappa shape index (κ3) is 3.79. The van der Waals surface area contributed by atoms with Gasteiger partial charge in [-0.25, -0.2) is 8.78 Å². The lowest BCUT2D eigenvalue weighted by atomic mass is 10.1. The summed E-state index contributed by atoms with van der Waals surface area (Å²) in [7, 11) is 1.79. The number of carbonyl (C=O) groups excluding carboxylic acids is 1. The lowest BCUT2D eigenvalue weighted by molar-refractivity contribution is -0.118. The average Bonchev–Trinajstić information content (AvgIpc) is 3.00. The number of ether oxygens (including phenoxy) is 1. The fourth-order valence-electron chi connectivity index (χ4n) is 2.24. The van der Waals surface area contributed by atoms with Crippen molar-refractivity contribution < 1.29 is 18.3 Å². The highest BCUT2D eigenvalue weighted by atomic mass is 19.1. The average molecular weight is 344 g/mol. The predicted octanol–water partition coefficient (Wildman–Crippen LogP) is 2.78. The summed E-state index contributed by atoms with van der Waals surface area (Å²) in [5.74, 6) is -1.68. The highest BCUT2D eigenvalue weighted by Crippen LogP contribution is 2.25. The Balaban J connectivity index is 1.71. The highest BCUT2D eigenvalue weighted by molar-refractivity contribution is 5.95. The molecule has 2 aromatic carbocycles. The molecule has 1 N–H and O–H groups in total. The van der Waals surface area contributed by atoms with E-state index in [1.807, 2.05) is 6.07 Å². The molecule has 0 saturated heterocycles. The standard InChI is InChI=1S/C17H14F2N4O2/c1-23-10-20-22-17(23)12-4-2-3-5-14(12)21-16(24)9-25-15-7-6-11(18)8-13(15)19/h2-8,10H,9H2,1H3,(H,21,24). The summed E-state index contributed by atoms with van der Waals surface area (Å²) < 4.78 is 33.2. The molecule has 1 aromatic heterocycles. The van der Waals surface area contributed by atoms with Crippen LogP contribution in [0, 0.1) is 11.6 Å². The maximum absolute atomic E-state index is 13.5. The highest BCUT2D eigenvalue weighted by Gasteiger charge is 2.13. The zero-order chi connectivity index (χ0) is 17.8. The Morgan fingerprint density at radius 1 is 1.24 bits per heavy atom. The Kier molecular flexibility index (Phi) is 4.69. The Morgan fingerprint density at radius 3 is 2.76 bits per heavy atom. The van der Waals surface area contributed by atoms with Gasteiger partial charge in [0.1, 0.15) is 12.1 Å². The van der Waals surface area contributed by atoms with Gasteiger partial charge in [-0.05, 0) is 24.3 Å². The van der Waals surface area contributed by atoms with Crippen molar-refractivity contribution in [3.8, 4) is 17.1 Å². The minimum atomic E-state index is -0.868. The van der Waals surface area contributed by atoms with Crippen molar-refractivity contribution in [3.63, 3.8) is 0 Å². The van der Waals surface area contributed by atoms with Crippen molar-refractivity contribution in [1.29, 1.82) is 0 Å². The number of benzene rings is 2. The number of halogens is 2. The molecule has 0 unspecified atom stereocenters. The Labute approximate surface area is 142 Å². The van der Waals surface area contributed by atoms with Crippen molar-refractivity contribution in [2.24, 2.45) is 7.05 Å². The van der Waals surface area contributed by atoms with E-state index in [1.54, 1.807) is 36.1 Å². The minimum absolute atomic E-state index is 0.196. The second-order valence-electron chi connectivity index (χ2n) is 5.22. The van der Waals surface area contributed by atoms with E-state index in [0.717, 1.165) is 12.1 Å². The summed E-state index contributed by atoms with van der Waals surface area (Å²) in [5, 5.41) is 10.5. The third-order valence-electron chi connectivity index (χ3n) is 3.41. The zero-order valence-corrected chi connectivity index (χ0v) is 13.2. The van der Waals surface area contributed by atoms with Crippen molar-refractivity contribution in [2.45, 2.75) is 0 Å². The number of nitrogens with zero attached hydrogens (tertiary/aromatic N) is 3. The summed E-state index contributed by atoms with van der Waals surface area (Å²) in [4.78, 5) is 12.1. The zero-order valence-electron chi connectivity index (χ0n) is 13.2. The van der Waals surface area contributed by atoms with Gasteiger partial charge in [0.05, 0.1) is 5.69 Å². The number of rotatable bonds is 5. The first-order valence-corrected chi connectivity index (χ1v) is 7.35. The smallest absolute Gasteiger partial charge is 0.262 e. The van der Waals surface area contributed by atoms with Crippen LogP contribution in [-0.2, 0) is 11.8 Å². The molecule has 0 aliphatic carbocycles. The van der Waals surface area contributed by atoms with E-state index < -0.39 is 24.1 Å². The van der Waals surface area contributed by atoms with Crippen LogP contribution in [0.1, 0.15) is 0 Å². The fourth-order valence-corrected chi connectivity index (χ4v) is 2.24. The van der Waals surface area contributed by atoms with Crippen molar-refractivity contribution in [2.75, 3.05) is 11.9 Å². The van der Waals surface area contributed by atoms with Crippen LogP contribution in [0.4, 0.5) is 14.5 Å². The number of hydrogen-bond donors (Lipinski definition) is 1. The quantitative estimate of drug-likeness (QED) is 0.773. The molecule has 0 fully saturated rings. The molecule has 0 aliphatic rings. The van der Waals surface area contributed by atoms with Gasteiger partial charge in [0, 0.05) is 18.7 Å². The van der Waals surface area contributed by atoms with Gasteiger partial charge < -0.3 is 14.6 Å². The Morgan fingerprint density at radius 2 is 2.04 bits per heavy atom. The van der Waals surface area contributed by atoms with Crippen LogP contribution >= 0.6 is 0 Å². The fraction of sp³-hybridized carbons (Fsp3) is 0.118. The first-order chi connectivity index (χ1) is 12.0. The van der Waals surface area contributed by atoms with Crippen LogP contribution in [0.2, 0.25) is 0 Å². The van der Waals surface area contributed by atoms with Gasteiger partial charge in [-0.2, -0.15) is 0 Å². The van der Waals surface area contributed by atoms with E-state index >= 15 is 0 Å². The van der Waals surface area contributed by atoms with E-state index in [1.165, 1.54) is 0 Å². The molecule has 128 valence electrons. The molecular weight excluding hydrogens is 330 g/mol. The van der Waals surface area contributed by atoms with Crippen LogP contribution in [0.3, 0.4) is 0 Å². The summed E-state index contributed by atoms with van der Waals surface area (Å²) in [6, 6.07) is 9.95. The maximum Gasteiger partial charge on any atom is 0.262 e. The number of carbonyl (C=O) groups is 1. The number of nitrogens with one attached hydrogen (secondary N) is 1. The molecule has 0 radical (unpaired) electrons. The third-order valence-corrected chi connectivity index (χ3v) is 3.41. The second kappa shape index (κ2) is 7.08. The molecule has 1 heterocycles. The van der Waals surface area contributed by atoms with Gasteiger partial charge in [0.15, 0.2) is 24.0 Å². The number of para-hydroxylation sites is 1. The molecular formula is C17H14F2N4O2. The van der Waals surface area contributed by atoms with Crippen molar-refractivity contribution in [3.05, 3.63) is 60.4 Å². The Bertz CT molecular complexity index is 911. The normalized spacial score (nSPS) is 10.5. The molecule has 0 spiro atoms. The first-order valence-electron chi connectivity index (χ1n) is 7.35. The van der Waals surface area contributed by atoms with Crippen LogP contribution in [0.5, 0.6) is 5.75 Å². The largest absolute Gasteiger partial charge is 0.481 e. The van der Waals surface area contributed by atoms with Gasteiger partial charge >= 0.3 is 0 Å². The molecule has 3 rings (SSSR count). The molecule has 8 heteroatoms. The predicted molar refractivity (Wildman–Crippen MR) is 86.9 cm³/mol. The molecule has 6 nitrogen and oxygen atoms in total. The first kappa shape index (κ1) is 16.6. The van der Waals surface area contributed by atoms with E-state index in [-0.39, 0.29) is 5.75 Å². The van der Waals surface area contributed by atoms with Gasteiger partial charge in [0.25, 0.3) is 5.91 Å². The van der Waals surface area contributed by atoms with Crippen LogP contribution in [0.15, 0.2) is 48.8 Å². The second-order valence-corrected chi connectivity index (χ2v) is 5.22. The summed E-state index contributed by atoms with van der Waals surface area (Å²) in [5.41, 5.74) is 1.20. The molecule has 3 aromatic rings. The van der Waals surface area contributed by atoms with Crippen molar-refractivity contribution >= 4 is 11.6 Å². The number of hydrogen-bond acceptors (Lipinski definition) is 4. The summed E-state index contributed by atoms with van der Waals surface area (Å²) in [6.45, 7) is -0.421. The molecule has 0 atom stereocenters. The minimum Gasteiger partial charge on any atom is -0.481 e. The van der Waals surface area contributed by atoms with Crippen LogP contribution in [-0.4, -0.2) is 27.3 Å². The number of amides is 1. The monoisotopic (exact) mass is 344 g/mol. The molecule has 0 saturated carbocycles. The van der Waals surface area contributed by atoms with Gasteiger partial charge in [0.2, 0.25) is 0 Å². The number of aromatic nitrogens is 3. The molecule has 1 amide bonds. The SMILES string of the molecule is Cn1cnnc1-c1ccccc1NC(=O)COc1ccc(F)cc1F. The van der Waals surface area contributed by atoms with E-state index in [2.05, 4.69) is 15.5 Å². The van der Waals surface area contributed by atoms with Crippen LogP contribution in [0.25, 0.3) is 11.4 Å². The van der Waals surface area contributed by atoms with Gasteiger partial charge in [-0.15, -0.1) is 10.2 Å². The summed E-state index contributed by atoms with van der Waals surface area (Å²) in [6.07, 6.45) is 1.55. The van der Waals surface area contributed by atoms with Crippen LogP contribution < -0.4 is 10.1 Å². The lowest BCUT2D eigenvalue weighted by Crippen LogP contribution is -2.21. The molecule has 0 bridgehead atoms. The Hall–Kier alpha value is -3.29. The molecule has 0 aliphatic heterocycles. The topological polar surface area (TPSA) is 69.0 Å². The van der Waals surface area contributed by atoms with Gasteiger partial charge in [-0.1, -0.05) is 12.1 Å². The van der Waals surface area contributed by atoms with E-state index in [4.69, 9.17) is 4.74 Å². The lowest BCUT2D eigenvalue weighted by Gasteiger charge is -2.11. The van der Waals surface area contributed by atoms with Crippen molar-refractivity contribution in [1.82, 2.24) is 14.8 Å². The number of anilines is 1. The maximum atomic E-state index is 13.5. The van der Waals surface area contributed by atoms with Gasteiger partial charge in [-0.3, -0.25) is 4.79 Å². The van der Waals surface area contributed by atoms with E-state index in [9.17, 15) is 13.6 Å².